The Balaban J connectivity index is 2.60. The van der Waals surface area contributed by atoms with Gasteiger partial charge in [0.2, 0.25) is 0 Å². The summed E-state index contributed by atoms with van der Waals surface area (Å²) in [5, 5.41) is 0. The van der Waals surface area contributed by atoms with Crippen molar-refractivity contribution < 1.29 is 9.68 Å². The van der Waals surface area contributed by atoms with Gasteiger partial charge in [-0.3, -0.25) is 0 Å². The van der Waals surface area contributed by atoms with Crippen molar-refractivity contribution in [3.05, 3.63) is 0 Å². The van der Waals surface area contributed by atoms with Crippen molar-refractivity contribution in [2.75, 3.05) is 19.8 Å². The summed E-state index contributed by atoms with van der Waals surface area (Å²) in [5.74, 6) is 4.77. The van der Waals surface area contributed by atoms with Crippen molar-refractivity contribution in [3.63, 3.8) is 0 Å². The molecule has 0 aliphatic heterocycles. The lowest BCUT2D eigenvalue weighted by Crippen LogP contribution is -2.17. The Bertz CT molecular complexity index is 46.2. The van der Waals surface area contributed by atoms with E-state index in [0.29, 0.717) is 13.2 Å². The summed E-state index contributed by atoms with van der Waals surface area (Å²) in [5.41, 5.74) is 2.73. The van der Waals surface area contributed by atoms with E-state index in [4.69, 9.17) is 10.7 Å². The molecule has 0 radical (unpaired) electrons. The van der Waals surface area contributed by atoms with E-state index < -0.39 is 0 Å². The number of hydrogen-bond acceptors (Lipinski definition) is 4. The van der Waals surface area contributed by atoms with Crippen LogP contribution in [-0.2, 0) is 9.68 Å². The van der Waals surface area contributed by atoms with Gasteiger partial charge < -0.3 is 9.68 Å². The zero-order valence-electron chi connectivity index (χ0n) is 5.72. The number of nitrogens with two attached hydrogens (primary N) is 1. The maximum atomic E-state index is 4.83. The van der Waals surface area contributed by atoms with Crippen LogP contribution < -0.4 is 11.4 Å². The third-order valence-electron chi connectivity index (χ3n) is 0.787. The summed E-state index contributed by atoms with van der Waals surface area (Å²) in [6, 6.07) is 0. The van der Waals surface area contributed by atoms with Crippen LogP contribution in [0.2, 0.25) is 0 Å². The second-order valence-corrected chi connectivity index (χ2v) is 1.55. The standard InChI is InChI=1S/C5H14N2O2/c1-2-9-7-4-3-5-8-6/h7H,2-6H2,1H3. The molecule has 0 aromatic carbocycles. The lowest BCUT2D eigenvalue weighted by Gasteiger charge is -2.00. The minimum atomic E-state index is 0.570. The number of rotatable bonds is 6. The first-order valence-corrected chi connectivity index (χ1v) is 3.08. The lowest BCUT2D eigenvalue weighted by atomic mass is 10.5. The molecule has 0 aliphatic carbocycles. The Hall–Kier alpha value is -0.160. The highest BCUT2D eigenvalue weighted by atomic mass is 16.6. The van der Waals surface area contributed by atoms with E-state index in [1.165, 1.54) is 0 Å². The molecule has 9 heavy (non-hydrogen) atoms. The fourth-order valence-electron chi connectivity index (χ4n) is 0.402. The maximum absolute atomic E-state index is 4.83. The van der Waals surface area contributed by atoms with Crippen molar-refractivity contribution in [1.82, 2.24) is 5.48 Å². The molecule has 3 N–H and O–H groups in total. The van der Waals surface area contributed by atoms with E-state index in [1.807, 2.05) is 6.92 Å². The Morgan fingerprint density at radius 2 is 2.33 bits per heavy atom. The molecule has 0 atom stereocenters. The molecule has 0 bridgehead atoms. The predicted octanol–water partition coefficient (Wildman–Crippen LogP) is -0.192. The maximum Gasteiger partial charge on any atom is 0.0692 e. The van der Waals surface area contributed by atoms with Crippen LogP contribution in [0.5, 0.6) is 0 Å². The lowest BCUT2D eigenvalue weighted by molar-refractivity contribution is 0.0423. The molecule has 56 valence electrons. The third-order valence-corrected chi connectivity index (χ3v) is 0.787. The minimum absolute atomic E-state index is 0.570. The first-order valence-electron chi connectivity index (χ1n) is 3.08. The van der Waals surface area contributed by atoms with E-state index >= 15 is 0 Å². The van der Waals surface area contributed by atoms with E-state index in [2.05, 4.69) is 10.3 Å². The van der Waals surface area contributed by atoms with Crippen LogP contribution in [0.1, 0.15) is 13.3 Å². The van der Waals surface area contributed by atoms with Gasteiger partial charge in [-0.05, 0) is 13.3 Å². The van der Waals surface area contributed by atoms with Crippen molar-refractivity contribution in [1.29, 1.82) is 0 Å². The number of hydroxylamine groups is 1. The fourth-order valence-corrected chi connectivity index (χ4v) is 0.402. The first-order chi connectivity index (χ1) is 4.41. The topological polar surface area (TPSA) is 56.5 Å². The molecule has 0 spiro atoms. The van der Waals surface area contributed by atoms with Gasteiger partial charge in [0.1, 0.15) is 0 Å². The number of nitrogens with one attached hydrogen (secondary N) is 1. The number of hydrogen-bond donors (Lipinski definition) is 2. The van der Waals surface area contributed by atoms with Crippen LogP contribution in [0.3, 0.4) is 0 Å². The monoisotopic (exact) mass is 134 g/mol. The summed E-state index contributed by atoms with van der Waals surface area (Å²) < 4.78 is 0. The van der Waals surface area contributed by atoms with Crippen LogP contribution in [-0.4, -0.2) is 19.8 Å². The van der Waals surface area contributed by atoms with Crippen LogP contribution in [0.25, 0.3) is 0 Å². The largest absolute Gasteiger partial charge is 0.305 e. The SMILES string of the molecule is CCONCCCON. The zero-order valence-corrected chi connectivity index (χ0v) is 5.72. The van der Waals surface area contributed by atoms with Gasteiger partial charge in [-0.15, -0.1) is 0 Å². The Kier molecular flexibility index (Phi) is 7.70. The average molecular weight is 134 g/mol. The molecule has 0 amide bonds. The minimum Gasteiger partial charge on any atom is -0.305 e. The summed E-state index contributed by atoms with van der Waals surface area (Å²) in [6.07, 6.45) is 0.872. The molecule has 4 heteroatoms. The highest BCUT2D eigenvalue weighted by molar-refractivity contribution is 4.33. The van der Waals surface area contributed by atoms with Crippen LogP contribution in [0.4, 0.5) is 0 Å². The Labute approximate surface area is 55.2 Å². The normalized spacial score (nSPS) is 10.0. The molecule has 0 saturated carbocycles. The summed E-state index contributed by atoms with van der Waals surface area (Å²) in [6.45, 7) is 3.96. The molecule has 0 unspecified atom stereocenters. The Morgan fingerprint density at radius 3 is 2.89 bits per heavy atom. The van der Waals surface area contributed by atoms with Gasteiger partial charge in [0.15, 0.2) is 0 Å². The van der Waals surface area contributed by atoms with Gasteiger partial charge in [-0.1, -0.05) is 0 Å². The molecule has 0 aromatic rings. The van der Waals surface area contributed by atoms with Crippen molar-refractivity contribution in [2.24, 2.45) is 5.90 Å². The molecule has 0 saturated heterocycles. The second-order valence-electron chi connectivity index (χ2n) is 1.55. The molecule has 0 heterocycles. The van der Waals surface area contributed by atoms with Crippen LogP contribution >= 0.6 is 0 Å². The highest BCUT2D eigenvalue weighted by Crippen LogP contribution is 1.74. The third kappa shape index (κ3) is 7.84. The van der Waals surface area contributed by atoms with Gasteiger partial charge >= 0.3 is 0 Å². The van der Waals surface area contributed by atoms with Gasteiger partial charge in [-0.25, -0.2) is 11.4 Å². The summed E-state index contributed by atoms with van der Waals surface area (Å²) >= 11 is 0. The van der Waals surface area contributed by atoms with Gasteiger partial charge in [0, 0.05) is 6.54 Å². The van der Waals surface area contributed by atoms with E-state index in [-0.39, 0.29) is 0 Å². The predicted molar refractivity (Wildman–Crippen MR) is 34.4 cm³/mol. The first kappa shape index (κ1) is 8.84. The molecular weight excluding hydrogens is 120 g/mol. The van der Waals surface area contributed by atoms with Crippen molar-refractivity contribution in [3.8, 4) is 0 Å². The van der Waals surface area contributed by atoms with Gasteiger partial charge in [-0.2, -0.15) is 0 Å². The molecule has 0 fully saturated rings. The zero-order chi connectivity index (χ0) is 6.95. The molecular formula is C5H14N2O2. The summed E-state index contributed by atoms with van der Waals surface area (Å²) in [4.78, 5) is 9.16. The van der Waals surface area contributed by atoms with E-state index in [0.717, 1.165) is 13.0 Å². The van der Waals surface area contributed by atoms with Gasteiger partial charge in [0.05, 0.1) is 13.2 Å². The van der Waals surface area contributed by atoms with E-state index in [9.17, 15) is 0 Å². The molecule has 0 aromatic heterocycles. The fraction of sp³-hybridized carbons (Fsp3) is 1.00. The van der Waals surface area contributed by atoms with Crippen LogP contribution in [0, 0.1) is 0 Å². The molecule has 0 rings (SSSR count). The molecule has 4 nitrogen and oxygen atoms in total. The van der Waals surface area contributed by atoms with E-state index in [1.54, 1.807) is 0 Å². The molecule has 0 aliphatic rings. The average Bonchev–Trinajstić information content (AvgIpc) is 1.89. The highest BCUT2D eigenvalue weighted by Gasteiger charge is 1.84. The second kappa shape index (κ2) is 7.84. The summed E-state index contributed by atoms with van der Waals surface area (Å²) in [7, 11) is 0. The van der Waals surface area contributed by atoms with Crippen LogP contribution in [0.15, 0.2) is 0 Å². The van der Waals surface area contributed by atoms with Gasteiger partial charge in [0.25, 0.3) is 0 Å². The van der Waals surface area contributed by atoms with Crippen molar-refractivity contribution in [2.45, 2.75) is 13.3 Å². The Morgan fingerprint density at radius 1 is 1.56 bits per heavy atom. The smallest absolute Gasteiger partial charge is 0.0692 e. The quantitative estimate of drug-likeness (QED) is 0.390. The van der Waals surface area contributed by atoms with Crippen molar-refractivity contribution >= 4 is 0 Å².